The number of likely N-dealkylation sites (tertiary alicyclic amines) is 1. The monoisotopic (exact) mass is 377 g/mol. The van der Waals surface area contributed by atoms with Crippen molar-refractivity contribution in [1.82, 2.24) is 14.7 Å². The molecule has 1 fully saturated rings. The summed E-state index contributed by atoms with van der Waals surface area (Å²) in [7, 11) is 1.86. The standard InChI is InChI=1S/C20H32FN5O/c1-4-13(2)26-9-6-14(19(27)12-26)15-11-18-16(10-17(15)21)20(24-25(18)3)23-8-5-7-22/h10-11,13-14,19,27H,4-9,12,22H2,1-3H3,(H,23,24). The zero-order chi connectivity index (χ0) is 19.6. The number of anilines is 1. The molecular weight excluding hydrogens is 345 g/mol. The smallest absolute Gasteiger partial charge is 0.156 e. The number of nitrogens with one attached hydrogen (secondary N) is 1. The van der Waals surface area contributed by atoms with Gasteiger partial charge >= 0.3 is 0 Å². The van der Waals surface area contributed by atoms with Crippen LogP contribution in [0.4, 0.5) is 10.2 Å². The molecule has 0 saturated carbocycles. The third kappa shape index (κ3) is 4.10. The van der Waals surface area contributed by atoms with E-state index in [1.807, 2.05) is 13.1 Å². The number of piperidine rings is 1. The van der Waals surface area contributed by atoms with Gasteiger partial charge in [-0.1, -0.05) is 6.92 Å². The molecule has 1 aromatic heterocycles. The fourth-order valence-corrected chi connectivity index (χ4v) is 3.99. The Labute approximate surface area is 160 Å². The molecule has 0 radical (unpaired) electrons. The van der Waals surface area contributed by atoms with Crippen LogP contribution in [0, 0.1) is 5.82 Å². The average molecular weight is 378 g/mol. The minimum absolute atomic E-state index is 0.182. The molecule has 150 valence electrons. The molecule has 0 bridgehead atoms. The Hall–Kier alpha value is -1.70. The molecule has 0 aliphatic carbocycles. The minimum Gasteiger partial charge on any atom is -0.391 e. The molecule has 0 spiro atoms. The van der Waals surface area contributed by atoms with E-state index in [0.29, 0.717) is 37.1 Å². The summed E-state index contributed by atoms with van der Waals surface area (Å²) in [5, 5.41) is 19.2. The van der Waals surface area contributed by atoms with Gasteiger partial charge in [-0.2, -0.15) is 5.10 Å². The van der Waals surface area contributed by atoms with Crippen molar-refractivity contribution in [2.75, 3.05) is 31.5 Å². The van der Waals surface area contributed by atoms with Gasteiger partial charge in [0.2, 0.25) is 0 Å². The molecule has 0 amide bonds. The first kappa shape index (κ1) is 20.0. The van der Waals surface area contributed by atoms with Crippen LogP contribution in [0.15, 0.2) is 12.1 Å². The summed E-state index contributed by atoms with van der Waals surface area (Å²) in [6.07, 6.45) is 2.08. The van der Waals surface area contributed by atoms with E-state index in [0.717, 1.165) is 36.7 Å². The van der Waals surface area contributed by atoms with E-state index in [1.54, 1.807) is 10.7 Å². The van der Waals surface area contributed by atoms with E-state index < -0.39 is 6.10 Å². The lowest BCUT2D eigenvalue weighted by atomic mass is 9.85. The Kier molecular flexibility index (Phi) is 6.34. The molecule has 1 saturated heterocycles. The summed E-state index contributed by atoms with van der Waals surface area (Å²) in [5.74, 6) is 0.232. The third-order valence-corrected chi connectivity index (χ3v) is 5.87. The van der Waals surface area contributed by atoms with E-state index >= 15 is 0 Å². The number of aromatic nitrogens is 2. The maximum Gasteiger partial charge on any atom is 0.156 e. The van der Waals surface area contributed by atoms with Crippen LogP contribution in [0.3, 0.4) is 0 Å². The molecule has 1 aliphatic rings. The number of halogens is 1. The largest absolute Gasteiger partial charge is 0.391 e. The first-order valence-electron chi connectivity index (χ1n) is 9.98. The number of aliphatic hydroxyl groups excluding tert-OH is 1. The van der Waals surface area contributed by atoms with Gasteiger partial charge in [0.15, 0.2) is 5.82 Å². The maximum atomic E-state index is 15.0. The highest BCUT2D eigenvalue weighted by atomic mass is 19.1. The summed E-state index contributed by atoms with van der Waals surface area (Å²) in [6, 6.07) is 3.85. The number of aryl methyl sites for hydroxylation is 1. The van der Waals surface area contributed by atoms with Crippen LogP contribution in [-0.2, 0) is 7.05 Å². The lowest BCUT2D eigenvalue weighted by Crippen LogP contribution is -2.46. The van der Waals surface area contributed by atoms with Crippen LogP contribution in [0.1, 0.15) is 44.6 Å². The second-order valence-electron chi connectivity index (χ2n) is 7.65. The van der Waals surface area contributed by atoms with Crippen molar-refractivity contribution >= 4 is 16.7 Å². The highest BCUT2D eigenvalue weighted by Crippen LogP contribution is 2.35. The Morgan fingerprint density at radius 3 is 2.89 bits per heavy atom. The molecule has 3 unspecified atom stereocenters. The van der Waals surface area contributed by atoms with Crippen molar-refractivity contribution in [3.05, 3.63) is 23.5 Å². The van der Waals surface area contributed by atoms with Gasteiger partial charge < -0.3 is 16.2 Å². The van der Waals surface area contributed by atoms with Gasteiger partial charge in [-0.3, -0.25) is 9.58 Å². The summed E-state index contributed by atoms with van der Waals surface area (Å²) in [5.41, 5.74) is 7.00. The van der Waals surface area contributed by atoms with Gasteiger partial charge in [0.25, 0.3) is 0 Å². The number of benzene rings is 1. The maximum absolute atomic E-state index is 15.0. The first-order chi connectivity index (χ1) is 13.0. The number of aliphatic hydroxyl groups is 1. The highest BCUT2D eigenvalue weighted by molar-refractivity contribution is 5.91. The van der Waals surface area contributed by atoms with E-state index in [4.69, 9.17) is 5.73 Å². The molecule has 1 aliphatic heterocycles. The molecule has 2 aromatic rings. The van der Waals surface area contributed by atoms with Crippen LogP contribution < -0.4 is 11.1 Å². The second kappa shape index (κ2) is 8.54. The van der Waals surface area contributed by atoms with Crippen molar-refractivity contribution < 1.29 is 9.50 Å². The third-order valence-electron chi connectivity index (χ3n) is 5.87. The summed E-state index contributed by atoms with van der Waals surface area (Å²) >= 11 is 0. The normalized spacial score (nSPS) is 22.3. The number of β-amino-alcohol motifs (C(OH)–C–C–N with tert-alkyl or cyclic N) is 1. The highest BCUT2D eigenvalue weighted by Gasteiger charge is 2.32. The minimum atomic E-state index is -0.560. The molecule has 3 atom stereocenters. The predicted octanol–water partition coefficient (Wildman–Crippen LogP) is 2.42. The van der Waals surface area contributed by atoms with Crippen molar-refractivity contribution in [3.8, 4) is 0 Å². The van der Waals surface area contributed by atoms with E-state index in [2.05, 4.69) is 29.2 Å². The molecule has 27 heavy (non-hydrogen) atoms. The van der Waals surface area contributed by atoms with Crippen molar-refractivity contribution in [2.24, 2.45) is 12.8 Å². The van der Waals surface area contributed by atoms with Gasteiger partial charge in [-0.15, -0.1) is 0 Å². The lowest BCUT2D eigenvalue weighted by Gasteiger charge is -2.39. The van der Waals surface area contributed by atoms with E-state index in [1.165, 1.54) is 0 Å². The predicted molar refractivity (Wildman–Crippen MR) is 108 cm³/mol. The molecule has 3 rings (SSSR count). The van der Waals surface area contributed by atoms with E-state index in [9.17, 15) is 9.50 Å². The van der Waals surface area contributed by atoms with Gasteiger partial charge in [0, 0.05) is 37.5 Å². The Balaban J connectivity index is 1.85. The summed E-state index contributed by atoms with van der Waals surface area (Å²) in [6.45, 7) is 7.11. The molecule has 4 N–H and O–H groups in total. The Morgan fingerprint density at radius 1 is 1.44 bits per heavy atom. The fourth-order valence-electron chi connectivity index (χ4n) is 3.99. The van der Waals surface area contributed by atoms with Crippen molar-refractivity contribution in [1.29, 1.82) is 0 Å². The molecule has 6 nitrogen and oxygen atoms in total. The van der Waals surface area contributed by atoms with Crippen LogP contribution >= 0.6 is 0 Å². The Bertz CT molecular complexity index is 777. The lowest BCUT2D eigenvalue weighted by molar-refractivity contribution is 0.0316. The number of rotatable bonds is 7. The zero-order valence-electron chi connectivity index (χ0n) is 16.6. The number of nitrogens with zero attached hydrogens (tertiary/aromatic N) is 3. The SMILES string of the molecule is CCC(C)N1CCC(c2cc3c(cc2F)c(NCCCN)nn3C)C(O)C1. The second-order valence-corrected chi connectivity index (χ2v) is 7.65. The Morgan fingerprint density at radius 2 is 2.22 bits per heavy atom. The van der Waals surface area contributed by atoms with E-state index in [-0.39, 0.29) is 11.7 Å². The van der Waals surface area contributed by atoms with Crippen LogP contribution in [0.5, 0.6) is 0 Å². The topological polar surface area (TPSA) is 79.3 Å². The summed E-state index contributed by atoms with van der Waals surface area (Å²) in [4.78, 5) is 2.29. The van der Waals surface area contributed by atoms with Gasteiger partial charge in [0.1, 0.15) is 5.82 Å². The fraction of sp³-hybridized carbons (Fsp3) is 0.650. The first-order valence-corrected chi connectivity index (χ1v) is 9.98. The van der Waals surface area contributed by atoms with Crippen LogP contribution in [0.25, 0.3) is 10.9 Å². The van der Waals surface area contributed by atoms with Gasteiger partial charge in [-0.25, -0.2) is 4.39 Å². The van der Waals surface area contributed by atoms with Gasteiger partial charge in [-0.05, 0) is 57.0 Å². The number of hydrogen-bond donors (Lipinski definition) is 3. The number of fused-ring (bicyclic) bond motifs is 1. The van der Waals surface area contributed by atoms with Crippen LogP contribution in [-0.4, -0.2) is 58.1 Å². The molecule has 2 heterocycles. The van der Waals surface area contributed by atoms with Crippen molar-refractivity contribution in [2.45, 2.75) is 51.2 Å². The average Bonchev–Trinajstić information content (AvgIpc) is 2.95. The quantitative estimate of drug-likeness (QED) is 0.646. The van der Waals surface area contributed by atoms with Crippen molar-refractivity contribution in [3.63, 3.8) is 0 Å². The summed E-state index contributed by atoms with van der Waals surface area (Å²) < 4.78 is 16.7. The number of hydrogen-bond acceptors (Lipinski definition) is 5. The molecule has 7 heteroatoms. The molecule has 1 aromatic carbocycles. The van der Waals surface area contributed by atoms with Gasteiger partial charge in [0.05, 0.1) is 11.6 Å². The zero-order valence-corrected chi connectivity index (χ0v) is 16.6. The van der Waals surface area contributed by atoms with Crippen LogP contribution in [0.2, 0.25) is 0 Å². The number of nitrogens with two attached hydrogens (primary N) is 1. The molecular formula is C20H32FN5O.